The van der Waals surface area contributed by atoms with Crippen molar-refractivity contribution in [2.75, 3.05) is 7.11 Å². The van der Waals surface area contributed by atoms with Gasteiger partial charge in [-0.05, 0) is 48.9 Å². The zero-order chi connectivity index (χ0) is 12.1. The minimum absolute atomic E-state index is 0.764. The van der Waals surface area contributed by atoms with Crippen LogP contribution >= 0.6 is 0 Å². The Labute approximate surface area is 104 Å². The molecule has 0 amide bonds. The molecule has 0 radical (unpaired) electrons. The molecule has 1 aliphatic rings. The summed E-state index contributed by atoms with van der Waals surface area (Å²) in [7, 11) is 1.74. The molecule has 1 N–H and O–H groups in total. The van der Waals surface area contributed by atoms with E-state index in [0.717, 1.165) is 18.3 Å². The number of methoxy groups -OCH3 is 1. The van der Waals surface area contributed by atoms with Crippen molar-refractivity contribution in [3.63, 3.8) is 0 Å². The lowest BCUT2D eigenvalue weighted by Gasteiger charge is -2.12. The number of benzene rings is 1. The highest BCUT2D eigenvalue weighted by Gasteiger charge is 2.20. The Morgan fingerprint density at radius 3 is 2.76 bits per heavy atom. The quantitative estimate of drug-likeness (QED) is 0.780. The maximum atomic E-state index is 5.31. The fourth-order valence-corrected chi connectivity index (χ4v) is 2.05. The monoisotopic (exact) mass is 233 g/mol. The number of rotatable bonds is 7. The molecule has 17 heavy (non-hydrogen) atoms. The molecule has 2 nitrogen and oxygen atoms in total. The van der Waals surface area contributed by atoms with Crippen molar-refractivity contribution in [2.45, 2.75) is 51.6 Å². The normalized spacial score (nSPS) is 14.9. The molecule has 0 bridgehead atoms. The van der Waals surface area contributed by atoms with Gasteiger partial charge in [0.05, 0.1) is 7.11 Å². The van der Waals surface area contributed by atoms with Crippen LogP contribution in [0, 0.1) is 0 Å². The molecule has 2 rings (SSSR count). The van der Waals surface area contributed by atoms with E-state index in [1.165, 1.54) is 43.2 Å². The van der Waals surface area contributed by atoms with Crippen LogP contribution in [0.3, 0.4) is 0 Å². The van der Waals surface area contributed by atoms with Crippen LogP contribution in [0.25, 0.3) is 0 Å². The molecule has 0 unspecified atom stereocenters. The molecule has 0 aromatic heterocycles. The standard InChI is InChI=1S/C15H23NO/c1-3-4-5-12-6-9-15(17-2)10-13(12)11-16-14-7-8-14/h6,9-10,14,16H,3-5,7-8,11H2,1-2H3. The zero-order valence-corrected chi connectivity index (χ0v) is 11.0. The van der Waals surface area contributed by atoms with Gasteiger partial charge in [0.2, 0.25) is 0 Å². The van der Waals surface area contributed by atoms with Crippen molar-refractivity contribution >= 4 is 0 Å². The predicted octanol–water partition coefficient (Wildman–Crippen LogP) is 3.29. The van der Waals surface area contributed by atoms with Crippen LogP contribution in [0.1, 0.15) is 43.7 Å². The van der Waals surface area contributed by atoms with E-state index >= 15 is 0 Å². The van der Waals surface area contributed by atoms with Gasteiger partial charge in [-0.3, -0.25) is 0 Å². The van der Waals surface area contributed by atoms with E-state index in [0.29, 0.717) is 0 Å². The van der Waals surface area contributed by atoms with E-state index in [9.17, 15) is 0 Å². The van der Waals surface area contributed by atoms with Gasteiger partial charge in [-0.25, -0.2) is 0 Å². The first kappa shape index (κ1) is 12.4. The fourth-order valence-electron chi connectivity index (χ4n) is 2.05. The van der Waals surface area contributed by atoms with E-state index in [2.05, 4.69) is 30.4 Å². The van der Waals surface area contributed by atoms with Gasteiger partial charge < -0.3 is 10.1 Å². The summed E-state index contributed by atoms with van der Waals surface area (Å²) in [4.78, 5) is 0. The van der Waals surface area contributed by atoms with Gasteiger partial charge in [0.25, 0.3) is 0 Å². The van der Waals surface area contributed by atoms with E-state index in [1.54, 1.807) is 7.11 Å². The van der Waals surface area contributed by atoms with E-state index in [1.807, 2.05) is 0 Å². The molecule has 1 fully saturated rings. The van der Waals surface area contributed by atoms with Crippen LogP contribution in [0.4, 0.5) is 0 Å². The van der Waals surface area contributed by atoms with E-state index < -0.39 is 0 Å². The molecule has 94 valence electrons. The number of unbranched alkanes of at least 4 members (excludes halogenated alkanes) is 1. The summed E-state index contributed by atoms with van der Waals surface area (Å²) >= 11 is 0. The Balaban J connectivity index is 2.04. The lowest BCUT2D eigenvalue weighted by Crippen LogP contribution is -2.16. The molecule has 1 aromatic rings. The Hall–Kier alpha value is -1.02. The smallest absolute Gasteiger partial charge is 0.119 e. The number of hydrogen-bond acceptors (Lipinski definition) is 2. The molecule has 0 spiro atoms. The highest BCUT2D eigenvalue weighted by Crippen LogP contribution is 2.23. The molecule has 1 saturated carbocycles. The summed E-state index contributed by atoms with van der Waals surface area (Å²) in [5.74, 6) is 0.970. The molecule has 1 aliphatic carbocycles. The minimum atomic E-state index is 0.764. The highest BCUT2D eigenvalue weighted by molar-refractivity contribution is 5.36. The maximum absolute atomic E-state index is 5.31. The van der Waals surface area contributed by atoms with Crippen molar-refractivity contribution in [2.24, 2.45) is 0 Å². The topological polar surface area (TPSA) is 21.3 Å². The summed E-state index contributed by atoms with van der Waals surface area (Å²) < 4.78 is 5.31. The molecular weight excluding hydrogens is 210 g/mol. The van der Waals surface area contributed by atoms with Crippen molar-refractivity contribution in [1.82, 2.24) is 5.32 Å². The molecular formula is C15H23NO. The fraction of sp³-hybridized carbons (Fsp3) is 0.600. The summed E-state index contributed by atoms with van der Waals surface area (Å²) in [6, 6.07) is 7.24. The van der Waals surface area contributed by atoms with Gasteiger partial charge in [0, 0.05) is 12.6 Å². The number of nitrogens with one attached hydrogen (secondary N) is 1. The van der Waals surface area contributed by atoms with Crippen LogP contribution < -0.4 is 10.1 Å². The second-order valence-electron chi connectivity index (χ2n) is 4.89. The van der Waals surface area contributed by atoms with Crippen LogP contribution in [0.5, 0.6) is 5.75 Å². The van der Waals surface area contributed by atoms with Crippen LogP contribution in [-0.2, 0) is 13.0 Å². The third-order valence-corrected chi connectivity index (χ3v) is 3.37. The molecule has 2 heteroatoms. The molecule has 1 aromatic carbocycles. The summed E-state index contributed by atoms with van der Waals surface area (Å²) in [6.45, 7) is 3.23. The van der Waals surface area contributed by atoms with Gasteiger partial charge in [0.15, 0.2) is 0 Å². The Morgan fingerprint density at radius 2 is 2.12 bits per heavy atom. The molecule has 0 heterocycles. The Morgan fingerprint density at radius 1 is 1.29 bits per heavy atom. The van der Waals surface area contributed by atoms with Gasteiger partial charge >= 0.3 is 0 Å². The van der Waals surface area contributed by atoms with Gasteiger partial charge in [-0.15, -0.1) is 0 Å². The van der Waals surface area contributed by atoms with Crippen molar-refractivity contribution in [1.29, 1.82) is 0 Å². The van der Waals surface area contributed by atoms with Crippen molar-refractivity contribution in [3.05, 3.63) is 29.3 Å². The van der Waals surface area contributed by atoms with E-state index in [4.69, 9.17) is 4.74 Å². The van der Waals surface area contributed by atoms with Crippen LogP contribution in [-0.4, -0.2) is 13.2 Å². The van der Waals surface area contributed by atoms with Crippen LogP contribution in [0.15, 0.2) is 18.2 Å². The predicted molar refractivity (Wildman–Crippen MR) is 71.5 cm³/mol. The van der Waals surface area contributed by atoms with E-state index in [-0.39, 0.29) is 0 Å². The maximum Gasteiger partial charge on any atom is 0.119 e. The van der Waals surface area contributed by atoms with Crippen molar-refractivity contribution in [3.8, 4) is 5.75 Å². The van der Waals surface area contributed by atoms with Gasteiger partial charge in [-0.2, -0.15) is 0 Å². The Kier molecular flexibility index (Phi) is 4.43. The zero-order valence-electron chi connectivity index (χ0n) is 11.0. The third-order valence-electron chi connectivity index (χ3n) is 3.37. The highest BCUT2D eigenvalue weighted by atomic mass is 16.5. The van der Waals surface area contributed by atoms with Gasteiger partial charge in [0.1, 0.15) is 5.75 Å². The number of ether oxygens (including phenoxy) is 1. The van der Waals surface area contributed by atoms with Crippen molar-refractivity contribution < 1.29 is 4.74 Å². The van der Waals surface area contributed by atoms with Crippen LogP contribution in [0.2, 0.25) is 0 Å². The SMILES string of the molecule is CCCCc1ccc(OC)cc1CNC1CC1. The Bertz CT molecular complexity index is 358. The lowest BCUT2D eigenvalue weighted by molar-refractivity contribution is 0.413. The minimum Gasteiger partial charge on any atom is -0.497 e. The average molecular weight is 233 g/mol. The first-order valence-corrected chi connectivity index (χ1v) is 6.72. The second kappa shape index (κ2) is 6.06. The lowest BCUT2D eigenvalue weighted by atomic mass is 10.0. The number of aryl methyl sites for hydroxylation is 1. The summed E-state index contributed by atoms with van der Waals surface area (Å²) in [5.41, 5.74) is 2.88. The molecule has 0 atom stereocenters. The first-order chi connectivity index (χ1) is 8.33. The molecule has 0 saturated heterocycles. The third kappa shape index (κ3) is 3.74. The number of hydrogen-bond donors (Lipinski definition) is 1. The summed E-state index contributed by atoms with van der Waals surface area (Å²) in [5, 5.41) is 3.59. The van der Waals surface area contributed by atoms with Gasteiger partial charge in [-0.1, -0.05) is 19.4 Å². The first-order valence-electron chi connectivity index (χ1n) is 6.72. The summed E-state index contributed by atoms with van der Waals surface area (Å²) in [6.07, 6.45) is 6.38. The average Bonchev–Trinajstić information content (AvgIpc) is 3.18. The largest absolute Gasteiger partial charge is 0.497 e. The molecule has 0 aliphatic heterocycles. The second-order valence-corrected chi connectivity index (χ2v) is 4.89.